The van der Waals surface area contributed by atoms with Crippen LogP contribution in [0.5, 0.6) is 0 Å². The van der Waals surface area contributed by atoms with Crippen LogP contribution in [0.3, 0.4) is 0 Å². The normalized spacial score (nSPS) is 13.3. The van der Waals surface area contributed by atoms with Gasteiger partial charge in [-0.25, -0.2) is 0 Å². The van der Waals surface area contributed by atoms with Crippen molar-refractivity contribution in [2.45, 2.75) is 25.4 Å². The fourth-order valence-corrected chi connectivity index (χ4v) is 3.04. The number of terminal acetylenes is 1. The number of aromatic nitrogens is 1. The molecule has 1 fully saturated rings. The van der Waals surface area contributed by atoms with Crippen LogP contribution in [-0.4, -0.2) is 22.3 Å². The molecule has 1 N–H and O–H groups in total. The number of carbonyl (C=O) groups excluding carboxylic acids is 2. The number of ketones is 1. The third-order valence-corrected chi connectivity index (χ3v) is 4.59. The smallest absolute Gasteiger partial charge is 0.251 e. The molecule has 1 amide bonds. The van der Waals surface area contributed by atoms with Crippen molar-refractivity contribution >= 4 is 22.6 Å². The number of fused-ring (bicyclic) bond motifs is 1. The predicted molar refractivity (Wildman–Crippen MR) is 101 cm³/mol. The Morgan fingerprint density at radius 1 is 1.08 bits per heavy atom. The maximum Gasteiger partial charge on any atom is 0.251 e. The van der Waals surface area contributed by atoms with Gasteiger partial charge in [-0.1, -0.05) is 18.1 Å². The lowest BCUT2D eigenvalue weighted by Crippen LogP contribution is -2.25. The van der Waals surface area contributed by atoms with Gasteiger partial charge in [-0.3, -0.25) is 9.59 Å². The van der Waals surface area contributed by atoms with E-state index < -0.39 is 0 Å². The first-order chi connectivity index (χ1) is 12.7. The summed E-state index contributed by atoms with van der Waals surface area (Å²) in [5, 5.41) is 3.91. The molecule has 0 saturated heterocycles. The monoisotopic (exact) mass is 342 g/mol. The molecule has 4 nitrogen and oxygen atoms in total. The molecule has 1 saturated carbocycles. The average molecular weight is 342 g/mol. The summed E-state index contributed by atoms with van der Waals surface area (Å²) in [5.74, 6) is 2.40. The van der Waals surface area contributed by atoms with Crippen LogP contribution in [-0.2, 0) is 6.54 Å². The predicted octanol–water partition coefficient (Wildman–Crippen LogP) is 3.40. The van der Waals surface area contributed by atoms with Gasteiger partial charge in [-0.2, -0.15) is 0 Å². The minimum atomic E-state index is -0.121. The molecule has 26 heavy (non-hydrogen) atoms. The quantitative estimate of drug-likeness (QED) is 0.571. The second-order valence-corrected chi connectivity index (χ2v) is 6.58. The van der Waals surface area contributed by atoms with Gasteiger partial charge >= 0.3 is 0 Å². The second-order valence-electron chi connectivity index (χ2n) is 6.58. The van der Waals surface area contributed by atoms with Gasteiger partial charge in [0.25, 0.3) is 5.91 Å². The molecule has 1 heterocycles. The highest BCUT2D eigenvalue weighted by Crippen LogP contribution is 2.21. The van der Waals surface area contributed by atoms with Crippen LogP contribution in [0.1, 0.15) is 39.1 Å². The molecule has 0 atom stereocenters. The molecule has 0 aliphatic heterocycles. The highest BCUT2D eigenvalue weighted by molar-refractivity contribution is 6.11. The third-order valence-electron chi connectivity index (χ3n) is 4.59. The third kappa shape index (κ3) is 3.12. The van der Waals surface area contributed by atoms with Crippen molar-refractivity contribution in [1.82, 2.24) is 9.88 Å². The van der Waals surface area contributed by atoms with E-state index >= 15 is 0 Å². The summed E-state index contributed by atoms with van der Waals surface area (Å²) < 4.78 is 1.96. The van der Waals surface area contributed by atoms with E-state index in [1.807, 2.05) is 29.0 Å². The van der Waals surface area contributed by atoms with E-state index in [2.05, 4.69) is 11.2 Å². The molecule has 0 spiro atoms. The first-order valence-corrected chi connectivity index (χ1v) is 8.64. The topological polar surface area (TPSA) is 51.1 Å². The summed E-state index contributed by atoms with van der Waals surface area (Å²) in [5.41, 5.74) is 2.62. The van der Waals surface area contributed by atoms with E-state index in [1.165, 1.54) is 0 Å². The van der Waals surface area contributed by atoms with Gasteiger partial charge in [0.2, 0.25) is 0 Å². The van der Waals surface area contributed by atoms with Gasteiger partial charge in [-0.15, -0.1) is 6.42 Å². The van der Waals surface area contributed by atoms with Crippen molar-refractivity contribution < 1.29 is 9.59 Å². The molecule has 1 aliphatic carbocycles. The summed E-state index contributed by atoms with van der Waals surface area (Å²) in [6, 6.07) is 14.7. The van der Waals surface area contributed by atoms with E-state index in [0.29, 0.717) is 23.2 Å². The summed E-state index contributed by atoms with van der Waals surface area (Å²) in [7, 11) is 0. The highest BCUT2D eigenvalue weighted by Gasteiger charge is 2.24. The van der Waals surface area contributed by atoms with Crippen LogP contribution < -0.4 is 5.32 Å². The Labute approximate surface area is 151 Å². The molecule has 0 unspecified atom stereocenters. The highest BCUT2D eigenvalue weighted by atomic mass is 16.1. The van der Waals surface area contributed by atoms with Crippen molar-refractivity contribution in [3.8, 4) is 12.3 Å². The molecule has 3 aromatic rings. The van der Waals surface area contributed by atoms with Gasteiger partial charge in [0, 0.05) is 39.8 Å². The van der Waals surface area contributed by atoms with Gasteiger partial charge in [0.1, 0.15) is 0 Å². The molecule has 0 radical (unpaired) electrons. The Bertz CT molecular complexity index is 1050. The Kier molecular flexibility index (Phi) is 4.06. The first-order valence-electron chi connectivity index (χ1n) is 8.64. The molecule has 0 bridgehead atoms. The first kappa shape index (κ1) is 16.2. The summed E-state index contributed by atoms with van der Waals surface area (Å²) in [4.78, 5) is 25.1. The van der Waals surface area contributed by atoms with Crippen LogP contribution in [0.15, 0.2) is 54.7 Å². The van der Waals surface area contributed by atoms with Crippen molar-refractivity contribution in [1.29, 1.82) is 0 Å². The minimum absolute atomic E-state index is 0.0994. The van der Waals surface area contributed by atoms with Gasteiger partial charge in [0.15, 0.2) is 5.78 Å². The zero-order valence-electron chi connectivity index (χ0n) is 14.2. The maximum atomic E-state index is 12.9. The van der Waals surface area contributed by atoms with Gasteiger partial charge in [0.05, 0.1) is 6.54 Å². The molecule has 1 aromatic heterocycles. The Balaban J connectivity index is 1.62. The molecule has 4 heteroatoms. The molecule has 2 aromatic carbocycles. The van der Waals surface area contributed by atoms with Gasteiger partial charge in [-0.05, 0) is 49.2 Å². The largest absolute Gasteiger partial charge is 0.349 e. The summed E-state index contributed by atoms with van der Waals surface area (Å²) >= 11 is 0. The average Bonchev–Trinajstić information content (AvgIpc) is 3.40. The molecule has 128 valence electrons. The van der Waals surface area contributed by atoms with Crippen molar-refractivity contribution in [3.63, 3.8) is 0 Å². The summed E-state index contributed by atoms with van der Waals surface area (Å²) in [6.45, 7) is 0.495. The zero-order valence-corrected chi connectivity index (χ0v) is 14.2. The van der Waals surface area contributed by atoms with Crippen LogP contribution in [0.25, 0.3) is 10.9 Å². The number of benzene rings is 2. The van der Waals surface area contributed by atoms with E-state index in [0.717, 1.165) is 23.7 Å². The number of rotatable bonds is 5. The van der Waals surface area contributed by atoms with Crippen LogP contribution in [0, 0.1) is 12.3 Å². The fraction of sp³-hybridized carbons (Fsp3) is 0.182. The number of carbonyl (C=O) groups is 2. The number of nitrogens with one attached hydrogen (secondary N) is 1. The van der Waals surface area contributed by atoms with Crippen molar-refractivity contribution in [2.24, 2.45) is 0 Å². The lowest BCUT2D eigenvalue weighted by atomic mass is 10.00. The number of hydrogen-bond donors (Lipinski definition) is 1. The Morgan fingerprint density at radius 2 is 1.85 bits per heavy atom. The number of nitrogens with zero attached hydrogens (tertiary/aromatic N) is 1. The standard InChI is InChI=1S/C22H18N2O2/c1-2-11-24-12-10-15-13-17(6-9-20(15)24)21(25)16-4-3-5-18(14-16)22(26)23-19-7-8-19/h1,3-6,9-10,12-14,19H,7-8,11H2,(H,23,26). The number of amides is 1. The SMILES string of the molecule is C#CCn1ccc2cc(C(=O)c3cccc(C(=O)NC4CC4)c3)ccc21. The van der Waals surface area contributed by atoms with Crippen LogP contribution >= 0.6 is 0 Å². The van der Waals surface area contributed by atoms with Crippen molar-refractivity contribution in [3.05, 3.63) is 71.4 Å². The van der Waals surface area contributed by atoms with E-state index in [-0.39, 0.29) is 17.7 Å². The minimum Gasteiger partial charge on any atom is -0.349 e. The molecular weight excluding hydrogens is 324 g/mol. The van der Waals surface area contributed by atoms with E-state index in [1.54, 1.807) is 30.3 Å². The van der Waals surface area contributed by atoms with Gasteiger partial charge < -0.3 is 9.88 Å². The Hall–Kier alpha value is -3.32. The molecular formula is C22H18N2O2. The second kappa shape index (κ2) is 6.53. The Morgan fingerprint density at radius 3 is 2.62 bits per heavy atom. The molecule has 1 aliphatic rings. The van der Waals surface area contributed by atoms with Crippen LogP contribution in [0.2, 0.25) is 0 Å². The van der Waals surface area contributed by atoms with Crippen LogP contribution in [0.4, 0.5) is 0 Å². The maximum absolute atomic E-state index is 12.9. The fourth-order valence-electron chi connectivity index (χ4n) is 3.04. The van der Waals surface area contributed by atoms with E-state index in [4.69, 9.17) is 6.42 Å². The summed E-state index contributed by atoms with van der Waals surface area (Å²) in [6.07, 6.45) is 9.36. The lowest BCUT2D eigenvalue weighted by Gasteiger charge is -2.07. The van der Waals surface area contributed by atoms with E-state index in [9.17, 15) is 9.59 Å². The zero-order chi connectivity index (χ0) is 18.1. The molecule has 4 rings (SSSR count). The van der Waals surface area contributed by atoms with Crippen molar-refractivity contribution in [2.75, 3.05) is 0 Å². The lowest BCUT2D eigenvalue weighted by molar-refractivity contribution is 0.0951. The number of hydrogen-bond acceptors (Lipinski definition) is 2.